The maximum atomic E-state index is 13.8. The van der Waals surface area contributed by atoms with Crippen molar-refractivity contribution in [1.82, 2.24) is 5.32 Å². The Balaban J connectivity index is 2.37. The summed E-state index contributed by atoms with van der Waals surface area (Å²) in [5, 5.41) is 2.86. The molecule has 0 aliphatic carbocycles. The van der Waals surface area contributed by atoms with Crippen LogP contribution in [0.25, 0.3) is 0 Å². The first-order valence-corrected chi connectivity index (χ1v) is 11.4. The van der Waals surface area contributed by atoms with E-state index < -0.39 is 13.4 Å². The number of amides is 1. The molecule has 2 aromatic carbocycles. The first-order valence-electron chi connectivity index (χ1n) is 9.80. The highest BCUT2D eigenvalue weighted by molar-refractivity contribution is 7.54. The van der Waals surface area contributed by atoms with Crippen LogP contribution in [0.1, 0.15) is 56.3 Å². The van der Waals surface area contributed by atoms with Crippen molar-refractivity contribution < 1.29 is 23.1 Å². The van der Waals surface area contributed by atoms with Crippen molar-refractivity contribution in [2.24, 2.45) is 0 Å². The second-order valence-electron chi connectivity index (χ2n) is 7.09. The lowest BCUT2D eigenvalue weighted by Gasteiger charge is -2.30. The van der Waals surface area contributed by atoms with E-state index in [2.05, 4.69) is 5.32 Å². The molecule has 158 valence electrons. The summed E-state index contributed by atoms with van der Waals surface area (Å²) in [4.78, 5) is 12.9. The van der Waals surface area contributed by atoms with E-state index in [4.69, 9.17) is 13.8 Å². The highest BCUT2D eigenvalue weighted by atomic mass is 31.2. The second-order valence-corrected chi connectivity index (χ2v) is 9.11. The second kappa shape index (κ2) is 10.6. The molecule has 0 spiro atoms. The third kappa shape index (κ3) is 6.70. The highest BCUT2D eigenvalue weighted by Gasteiger charge is 2.40. The molecule has 0 saturated carbocycles. The Kier molecular flexibility index (Phi) is 8.45. The van der Waals surface area contributed by atoms with Crippen molar-refractivity contribution in [3.63, 3.8) is 0 Å². The standard InChI is InChI=1S/C22H30NO5P/c1-6-26-20-14-12-18(13-15-20)21(24)23-22(19-10-8-7-9-11-19)29(25,27-16(2)3)28-17(4)5/h7-17,22H,6H2,1-5H3,(H,23,24). The van der Waals surface area contributed by atoms with Gasteiger partial charge in [-0.3, -0.25) is 9.36 Å². The van der Waals surface area contributed by atoms with Gasteiger partial charge in [0.2, 0.25) is 0 Å². The van der Waals surface area contributed by atoms with Gasteiger partial charge in [0.1, 0.15) is 5.75 Å². The predicted molar refractivity (Wildman–Crippen MR) is 114 cm³/mol. The van der Waals surface area contributed by atoms with Crippen LogP contribution in [0.4, 0.5) is 0 Å². The fourth-order valence-corrected chi connectivity index (χ4v) is 5.07. The van der Waals surface area contributed by atoms with E-state index in [0.29, 0.717) is 23.5 Å². The summed E-state index contributed by atoms with van der Waals surface area (Å²) in [6.45, 7) is 9.58. The van der Waals surface area contributed by atoms with Crippen molar-refractivity contribution in [3.8, 4) is 5.75 Å². The largest absolute Gasteiger partial charge is 0.494 e. The lowest BCUT2D eigenvalue weighted by molar-refractivity contribution is 0.0919. The van der Waals surface area contributed by atoms with Crippen LogP contribution in [0.3, 0.4) is 0 Å². The van der Waals surface area contributed by atoms with E-state index >= 15 is 0 Å². The van der Waals surface area contributed by atoms with Gasteiger partial charge in [0.15, 0.2) is 5.78 Å². The SMILES string of the molecule is CCOc1ccc(C(=O)NC(c2ccccc2)P(=O)(OC(C)C)OC(C)C)cc1. The minimum atomic E-state index is -3.71. The van der Waals surface area contributed by atoms with Gasteiger partial charge in [-0.2, -0.15) is 0 Å². The monoisotopic (exact) mass is 419 g/mol. The van der Waals surface area contributed by atoms with Crippen LogP contribution >= 0.6 is 7.60 Å². The molecule has 2 aromatic rings. The Morgan fingerprint density at radius 2 is 1.48 bits per heavy atom. The first-order chi connectivity index (χ1) is 13.7. The number of benzene rings is 2. The van der Waals surface area contributed by atoms with Crippen LogP contribution in [-0.2, 0) is 13.6 Å². The zero-order chi connectivity index (χ0) is 21.4. The van der Waals surface area contributed by atoms with E-state index in [1.54, 1.807) is 64.1 Å². The van der Waals surface area contributed by atoms with Crippen molar-refractivity contribution in [2.45, 2.75) is 52.6 Å². The van der Waals surface area contributed by atoms with Gasteiger partial charge in [-0.25, -0.2) is 0 Å². The Hall–Kier alpha value is -2.14. The molecule has 0 aliphatic rings. The van der Waals surface area contributed by atoms with Crippen LogP contribution in [-0.4, -0.2) is 24.7 Å². The average molecular weight is 419 g/mol. The first kappa shape index (κ1) is 23.1. The summed E-state index contributed by atoms with van der Waals surface area (Å²) >= 11 is 0. The molecule has 0 fully saturated rings. The molecule has 7 heteroatoms. The summed E-state index contributed by atoms with van der Waals surface area (Å²) in [6.07, 6.45) is -0.679. The minimum absolute atomic E-state index is 0.340. The molecular weight excluding hydrogens is 389 g/mol. The maximum Gasteiger partial charge on any atom is 0.357 e. The lowest BCUT2D eigenvalue weighted by atomic mass is 10.2. The molecular formula is C22H30NO5P. The number of hydrogen-bond donors (Lipinski definition) is 1. The molecule has 1 amide bonds. The van der Waals surface area contributed by atoms with Crippen molar-refractivity contribution in [3.05, 3.63) is 65.7 Å². The van der Waals surface area contributed by atoms with Gasteiger partial charge < -0.3 is 19.1 Å². The van der Waals surface area contributed by atoms with Gasteiger partial charge >= 0.3 is 7.60 Å². The molecule has 0 heterocycles. The molecule has 0 aliphatic heterocycles. The molecule has 6 nitrogen and oxygen atoms in total. The number of nitrogens with one attached hydrogen (secondary N) is 1. The average Bonchev–Trinajstić information content (AvgIpc) is 2.66. The van der Waals surface area contributed by atoms with Crippen LogP contribution < -0.4 is 10.1 Å². The number of carbonyl (C=O) groups excluding carboxylic acids is 1. The topological polar surface area (TPSA) is 73.9 Å². The molecule has 1 unspecified atom stereocenters. The van der Waals surface area contributed by atoms with Gasteiger partial charge in [-0.1, -0.05) is 30.3 Å². The third-order valence-corrected chi connectivity index (χ3v) is 6.33. The smallest absolute Gasteiger partial charge is 0.357 e. The molecule has 2 rings (SSSR count). The van der Waals surface area contributed by atoms with Gasteiger partial charge in [0.05, 0.1) is 18.8 Å². The zero-order valence-electron chi connectivity index (χ0n) is 17.6. The lowest BCUT2D eigenvalue weighted by Crippen LogP contribution is -2.31. The van der Waals surface area contributed by atoms with Gasteiger partial charge in [-0.05, 0) is 64.4 Å². The van der Waals surface area contributed by atoms with E-state index in [0.717, 1.165) is 0 Å². The summed E-state index contributed by atoms with van der Waals surface area (Å²) in [6, 6.07) is 15.9. The Morgan fingerprint density at radius 1 is 0.931 bits per heavy atom. The Morgan fingerprint density at radius 3 is 1.97 bits per heavy atom. The molecule has 0 radical (unpaired) electrons. The third-order valence-electron chi connectivity index (χ3n) is 3.84. The number of hydrogen-bond acceptors (Lipinski definition) is 5. The molecule has 0 bridgehead atoms. The summed E-state index contributed by atoms with van der Waals surface area (Å²) in [7, 11) is -3.71. The summed E-state index contributed by atoms with van der Waals surface area (Å²) in [5.74, 6) is -0.630. The van der Waals surface area contributed by atoms with Crippen LogP contribution in [0, 0.1) is 0 Å². The molecule has 0 saturated heterocycles. The van der Waals surface area contributed by atoms with Crippen molar-refractivity contribution in [2.75, 3.05) is 6.61 Å². The highest BCUT2D eigenvalue weighted by Crippen LogP contribution is 2.61. The molecule has 29 heavy (non-hydrogen) atoms. The van der Waals surface area contributed by atoms with E-state index in [1.807, 2.05) is 25.1 Å². The summed E-state index contributed by atoms with van der Waals surface area (Å²) < 4.78 is 30.7. The van der Waals surface area contributed by atoms with Crippen LogP contribution in [0.15, 0.2) is 54.6 Å². The predicted octanol–water partition coefficient (Wildman–Crippen LogP) is 5.56. The molecule has 1 atom stereocenters. The number of carbonyl (C=O) groups is 1. The van der Waals surface area contributed by atoms with Gasteiger partial charge in [0.25, 0.3) is 5.91 Å². The number of rotatable bonds is 10. The van der Waals surface area contributed by atoms with E-state index in [1.165, 1.54) is 0 Å². The zero-order valence-corrected chi connectivity index (χ0v) is 18.5. The number of ether oxygens (including phenoxy) is 1. The Labute approximate surface area is 173 Å². The Bertz CT molecular complexity index is 807. The van der Waals surface area contributed by atoms with Crippen LogP contribution in [0.2, 0.25) is 0 Å². The van der Waals surface area contributed by atoms with Crippen molar-refractivity contribution in [1.29, 1.82) is 0 Å². The summed E-state index contributed by atoms with van der Waals surface area (Å²) in [5.41, 5.74) is 1.08. The fourth-order valence-electron chi connectivity index (χ4n) is 2.79. The normalized spacial score (nSPS) is 12.8. The molecule has 0 aromatic heterocycles. The maximum absolute atomic E-state index is 13.8. The molecule has 1 N–H and O–H groups in total. The minimum Gasteiger partial charge on any atom is -0.494 e. The fraction of sp³-hybridized carbons (Fsp3) is 0.409. The van der Waals surface area contributed by atoms with Gasteiger partial charge in [-0.15, -0.1) is 0 Å². The van der Waals surface area contributed by atoms with Crippen LogP contribution in [0.5, 0.6) is 5.75 Å². The quantitative estimate of drug-likeness (QED) is 0.511. The van der Waals surface area contributed by atoms with Gasteiger partial charge in [0, 0.05) is 5.56 Å². The van der Waals surface area contributed by atoms with Crippen molar-refractivity contribution >= 4 is 13.5 Å². The van der Waals surface area contributed by atoms with E-state index in [-0.39, 0.29) is 18.1 Å². The van der Waals surface area contributed by atoms with E-state index in [9.17, 15) is 9.36 Å².